The third-order valence-electron chi connectivity index (χ3n) is 2.87. The molecule has 0 saturated heterocycles. The van der Waals surface area contributed by atoms with Gasteiger partial charge < -0.3 is 10.2 Å². The van der Waals surface area contributed by atoms with Crippen molar-refractivity contribution >= 4 is 5.82 Å². The number of aromatic nitrogens is 2. The molecule has 1 aromatic heterocycles. The number of nitrogen functional groups attached to an aromatic ring is 1. The molecule has 1 rings (SSSR count). The molecule has 1 heterocycles. The Morgan fingerprint density at radius 2 is 1.95 bits per heavy atom. The Balaban J connectivity index is 2.94. The van der Waals surface area contributed by atoms with E-state index in [0.717, 1.165) is 30.7 Å². The summed E-state index contributed by atoms with van der Waals surface area (Å²) in [5.41, 5.74) is 3.48. The van der Waals surface area contributed by atoms with E-state index >= 15 is 0 Å². The van der Waals surface area contributed by atoms with Gasteiger partial charge in [-0.2, -0.15) is 4.98 Å². The number of hydrogen-bond acceptors (Lipinski definition) is 5. The molecule has 0 aliphatic carbocycles. The molecule has 3 N–H and O–H groups in total. The van der Waals surface area contributed by atoms with E-state index in [1.165, 1.54) is 0 Å². The molecule has 19 heavy (non-hydrogen) atoms. The van der Waals surface area contributed by atoms with Crippen molar-refractivity contribution in [2.24, 2.45) is 11.8 Å². The number of hydrazine groups is 1. The number of rotatable bonds is 7. The number of nitrogens with two attached hydrogens (primary N) is 1. The number of nitrogens with zero attached hydrogens (tertiary/aromatic N) is 2. The standard InChI is InChI=1S/C14H26N4O/c1-6-7-12-16-13(18-15)11(5)14(17-12)19-10(4)8-9(2)3/h9-10H,6-8,15H2,1-5H3,(H,16,17,18). The smallest absolute Gasteiger partial charge is 0.222 e. The van der Waals surface area contributed by atoms with Crippen LogP contribution in [0, 0.1) is 12.8 Å². The zero-order chi connectivity index (χ0) is 14.4. The number of aryl methyl sites for hydroxylation is 1. The molecule has 0 spiro atoms. The fourth-order valence-corrected chi connectivity index (χ4v) is 2.03. The lowest BCUT2D eigenvalue weighted by Gasteiger charge is -2.18. The second-order valence-electron chi connectivity index (χ2n) is 5.37. The molecule has 1 unspecified atom stereocenters. The van der Waals surface area contributed by atoms with Crippen LogP contribution < -0.4 is 16.0 Å². The van der Waals surface area contributed by atoms with E-state index in [1.807, 2.05) is 6.92 Å². The van der Waals surface area contributed by atoms with Crippen LogP contribution in [0.1, 0.15) is 51.9 Å². The Labute approximate surface area is 115 Å². The van der Waals surface area contributed by atoms with E-state index in [-0.39, 0.29) is 6.10 Å². The summed E-state index contributed by atoms with van der Waals surface area (Å²) in [6, 6.07) is 0. The summed E-state index contributed by atoms with van der Waals surface area (Å²) < 4.78 is 5.94. The molecule has 5 heteroatoms. The fourth-order valence-electron chi connectivity index (χ4n) is 2.03. The molecule has 0 aliphatic heterocycles. The van der Waals surface area contributed by atoms with Crippen LogP contribution in [0.2, 0.25) is 0 Å². The molecule has 0 bridgehead atoms. The lowest BCUT2D eigenvalue weighted by atomic mass is 10.1. The van der Waals surface area contributed by atoms with Crippen LogP contribution in [0.25, 0.3) is 0 Å². The average molecular weight is 266 g/mol. The van der Waals surface area contributed by atoms with Gasteiger partial charge in [0.05, 0.1) is 11.7 Å². The lowest BCUT2D eigenvalue weighted by molar-refractivity contribution is 0.183. The van der Waals surface area contributed by atoms with Crippen molar-refractivity contribution in [1.82, 2.24) is 9.97 Å². The molecule has 108 valence electrons. The maximum Gasteiger partial charge on any atom is 0.222 e. The highest BCUT2D eigenvalue weighted by molar-refractivity contribution is 5.47. The van der Waals surface area contributed by atoms with E-state index in [9.17, 15) is 0 Å². The van der Waals surface area contributed by atoms with Crippen LogP contribution in [-0.4, -0.2) is 16.1 Å². The molecule has 1 aromatic rings. The number of nitrogens with one attached hydrogen (secondary N) is 1. The second kappa shape index (κ2) is 7.28. The van der Waals surface area contributed by atoms with Gasteiger partial charge in [-0.25, -0.2) is 10.8 Å². The number of ether oxygens (including phenoxy) is 1. The van der Waals surface area contributed by atoms with Gasteiger partial charge in [0.15, 0.2) is 0 Å². The Bertz CT molecular complexity index is 407. The van der Waals surface area contributed by atoms with Crippen molar-refractivity contribution in [3.05, 3.63) is 11.4 Å². The SMILES string of the molecule is CCCc1nc(NN)c(C)c(OC(C)CC(C)C)n1. The summed E-state index contributed by atoms with van der Waals surface area (Å²) in [6.45, 7) is 10.4. The average Bonchev–Trinajstić information content (AvgIpc) is 2.32. The molecule has 0 radical (unpaired) electrons. The highest BCUT2D eigenvalue weighted by atomic mass is 16.5. The monoisotopic (exact) mass is 266 g/mol. The van der Waals surface area contributed by atoms with Crippen molar-refractivity contribution in [2.45, 2.75) is 60.0 Å². The van der Waals surface area contributed by atoms with Crippen LogP contribution in [0.4, 0.5) is 5.82 Å². The number of anilines is 1. The van der Waals surface area contributed by atoms with Crippen LogP contribution >= 0.6 is 0 Å². The third-order valence-corrected chi connectivity index (χ3v) is 2.87. The maximum atomic E-state index is 5.94. The van der Waals surface area contributed by atoms with Gasteiger partial charge in [0, 0.05) is 6.42 Å². The van der Waals surface area contributed by atoms with Crippen LogP contribution in [0.15, 0.2) is 0 Å². The van der Waals surface area contributed by atoms with Crippen molar-refractivity contribution < 1.29 is 4.74 Å². The van der Waals surface area contributed by atoms with Gasteiger partial charge in [-0.1, -0.05) is 20.8 Å². The van der Waals surface area contributed by atoms with Crippen molar-refractivity contribution in [2.75, 3.05) is 5.43 Å². The molecule has 0 aliphatic rings. The Kier molecular flexibility index (Phi) is 6.02. The fraction of sp³-hybridized carbons (Fsp3) is 0.714. The van der Waals surface area contributed by atoms with E-state index < -0.39 is 0 Å². The molecule has 1 atom stereocenters. The topological polar surface area (TPSA) is 73.1 Å². The van der Waals surface area contributed by atoms with Crippen LogP contribution in [0.3, 0.4) is 0 Å². The van der Waals surface area contributed by atoms with Gasteiger partial charge in [-0.15, -0.1) is 0 Å². The summed E-state index contributed by atoms with van der Waals surface area (Å²) in [5, 5.41) is 0. The molecule has 5 nitrogen and oxygen atoms in total. The highest BCUT2D eigenvalue weighted by Crippen LogP contribution is 2.24. The molecule has 0 saturated carbocycles. The van der Waals surface area contributed by atoms with E-state index in [2.05, 4.69) is 43.1 Å². The first-order valence-electron chi connectivity index (χ1n) is 6.98. The first-order valence-corrected chi connectivity index (χ1v) is 6.98. The highest BCUT2D eigenvalue weighted by Gasteiger charge is 2.14. The minimum atomic E-state index is 0.133. The summed E-state index contributed by atoms with van der Waals surface area (Å²) in [6.07, 6.45) is 2.95. The van der Waals surface area contributed by atoms with Gasteiger partial charge in [0.2, 0.25) is 5.88 Å². The predicted octanol–water partition coefficient (Wildman–Crippen LogP) is 2.84. The Morgan fingerprint density at radius 3 is 2.47 bits per heavy atom. The summed E-state index contributed by atoms with van der Waals surface area (Å²) >= 11 is 0. The van der Waals surface area contributed by atoms with Gasteiger partial charge in [0.1, 0.15) is 11.6 Å². The summed E-state index contributed by atoms with van der Waals surface area (Å²) in [5.74, 6) is 8.15. The molecular weight excluding hydrogens is 240 g/mol. The molecule has 0 amide bonds. The van der Waals surface area contributed by atoms with Gasteiger partial charge in [-0.05, 0) is 32.6 Å². The largest absolute Gasteiger partial charge is 0.474 e. The zero-order valence-electron chi connectivity index (χ0n) is 12.7. The second-order valence-corrected chi connectivity index (χ2v) is 5.37. The van der Waals surface area contributed by atoms with Gasteiger partial charge in [-0.3, -0.25) is 0 Å². The lowest BCUT2D eigenvalue weighted by Crippen LogP contribution is -2.18. The summed E-state index contributed by atoms with van der Waals surface area (Å²) in [4.78, 5) is 8.87. The third kappa shape index (κ3) is 4.67. The van der Waals surface area contributed by atoms with E-state index in [1.54, 1.807) is 0 Å². The zero-order valence-corrected chi connectivity index (χ0v) is 12.7. The first-order chi connectivity index (χ1) is 8.97. The number of hydrogen-bond donors (Lipinski definition) is 2. The Hall–Kier alpha value is -1.36. The van der Waals surface area contributed by atoms with Gasteiger partial charge in [0.25, 0.3) is 0 Å². The van der Waals surface area contributed by atoms with Crippen molar-refractivity contribution in [3.8, 4) is 5.88 Å². The predicted molar refractivity (Wildman–Crippen MR) is 78.1 cm³/mol. The van der Waals surface area contributed by atoms with E-state index in [4.69, 9.17) is 10.6 Å². The minimum absolute atomic E-state index is 0.133. The molecule has 0 aromatic carbocycles. The Morgan fingerprint density at radius 1 is 1.26 bits per heavy atom. The summed E-state index contributed by atoms with van der Waals surface area (Å²) in [7, 11) is 0. The van der Waals surface area contributed by atoms with Crippen LogP contribution in [-0.2, 0) is 6.42 Å². The van der Waals surface area contributed by atoms with Crippen molar-refractivity contribution in [1.29, 1.82) is 0 Å². The van der Waals surface area contributed by atoms with Crippen LogP contribution in [0.5, 0.6) is 5.88 Å². The molecular formula is C14H26N4O. The molecule has 0 fully saturated rings. The van der Waals surface area contributed by atoms with E-state index in [0.29, 0.717) is 17.6 Å². The quantitative estimate of drug-likeness (QED) is 0.586. The normalized spacial score (nSPS) is 12.6. The van der Waals surface area contributed by atoms with Gasteiger partial charge >= 0.3 is 0 Å². The maximum absolute atomic E-state index is 5.94. The first kappa shape index (κ1) is 15.7. The van der Waals surface area contributed by atoms with Crippen molar-refractivity contribution in [3.63, 3.8) is 0 Å². The minimum Gasteiger partial charge on any atom is -0.474 e.